The second kappa shape index (κ2) is 2.95. The second-order valence-electron chi connectivity index (χ2n) is 4.70. The first-order valence-electron chi connectivity index (χ1n) is 4.43. The highest BCUT2D eigenvalue weighted by Crippen LogP contribution is 2.41. The van der Waals surface area contributed by atoms with E-state index in [1.54, 1.807) is 0 Å². The van der Waals surface area contributed by atoms with Gasteiger partial charge in [0.2, 0.25) is 0 Å². The second-order valence-corrected chi connectivity index (χ2v) is 4.70. The molecule has 0 bridgehead atoms. The number of halogens is 2. The molecule has 1 rings (SSSR count). The van der Waals surface area contributed by atoms with E-state index in [2.05, 4.69) is 13.8 Å². The summed E-state index contributed by atoms with van der Waals surface area (Å²) in [5, 5.41) is 0. The van der Waals surface area contributed by atoms with Gasteiger partial charge in [-0.05, 0) is 31.1 Å². The molecule has 1 fully saturated rings. The van der Waals surface area contributed by atoms with E-state index in [9.17, 15) is 8.78 Å². The van der Waals surface area contributed by atoms with E-state index in [1.165, 1.54) is 0 Å². The topological polar surface area (TPSA) is 26.0 Å². The van der Waals surface area contributed by atoms with E-state index in [1.807, 2.05) is 0 Å². The third-order valence-electron chi connectivity index (χ3n) is 2.97. The third kappa shape index (κ3) is 1.94. The van der Waals surface area contributed by atoms with Crippen LogP contribution in [-0.2, 0) is 0 Å². The van der Waals surface area contributed by atoms with Crippen molar-refractivity contribution in [2.45, 2.75) is 51.5 Å². The van der Waals surface area contributed by atoms with Crippen molar-refractivity contribution in [3.05, 3.63) is 0 Å². The van der Waals surface area contributed by atoms with Gasteiger partial charge < -0.3 is 5.73 Å². The van der Waals surface area contributed by atoms with E-state index in [-0.39, 0.29) is 5.41 Å². The van der Waals surface area contributed by atoms with Crippen LogP contribution in [0.4, 0.5) is 8.78 Å². The van der Waals surface area contributed by atoms with Crippen LogP contribution in [-0.4, -0.2) is 12.0 Å². The first-order valence-corrected chi connectivity index (χ1v) is 4.43. The lowest BCUT2D eigenvalue weighted by atomic mass is 9.70. The number of rotatable bonds is 1. The van der Waals surface area contributed by atoms with Gasteiger partial charge in [-0.2, -0.15) is 0 Å². The van der Waals surface area contributed by atoms with Gasteiger partial charge >= 0.3 is 0 Å². The Hall–Kier alpha value is -0.180. The molecule has 0 aromatic carbocycles. The van der Waals surface area contributed by atoms with Crippen molar-refractivity contribution in [1.82, 2.24) is 0 Å². The molecular weight excluding hydrogens is 160 g/mol. The van der Waals surface area contributed by atoms with Crippen molar-refractivity contribution in [3.8, 4) is 0 Å². The van der Waals surface area contributed by atoms with Crippen LogP contribution < -0.4 is 5.73 Å². The molecule has 0 unspecified atom stereocenters. The predicted octanol–water partition coefficient (Wildman–Crippen LogP) is 2.55. The van der Waals surface area contributed by atoms with Gasteiger partial charge in [0.05, 0.1) is 5.54 Å². The molecule has 0 atom stereocenters. The summed E-state index contributed by atoms with van der Waals surface area (Å²) in [5.74, 6) is 0. The van der Waals surface area contributed by atoms with Gasteiger partial charge in [-0.3, -0.25) is 0 Å². The Kier molecular flexibility index (Phi) is 2.43. The molecule has 0 aliphatic heterocycles. The van der Waals surface area contributed by atoms with Gasteiger partial charge in [0, 0.05) is 0 Å². The molecule has 1 nitrogen and oxygen atoms in total. The van der Waals surface area contributed by atoms with Crippen LogP contribution in [0.3, 0.4) is 0 Å². The summed E-state index contributed by atoms with van der Waals surface area (Å²) >= 11 is 0. The average Bonchev–Trinajstić information content (AvgIpc) is 1.96. The molecule has 0 heterocycles. The van der Waals surface area contributed by atoms with E-state index in [0.29, 0.717) is 12.8 Å². The highest BCUT2D eigenvalue weighted by atomic mass is 19.3. The molecule has 72 valence electrons. The van der Waals surface area contributed by atoms with Gasteiger partial charge in [0.15, 0.2) is 0 Å². The Morgan fingerprint density at radius 2 is 1.50 bits per heavy atom. The van der Waals surface area contributed by atoms with E-state index in [4.69, 9.17) is 5.73 Å². The SMILES string of the molecule is CC1(C)CCC(N)(C(F)F)CC1. The molecule has 1 aliphatic rings. The molecule has 1 aliphatic carbocycles. The highest BCUT2D eigenvalue weighted by Gasteiger charge is 2.41. The molecule has 0 spiro atoms. The van der Waals surface area contributed by atoms with Crippen LogP contribution in [0, 0.1) is 5.41 Å². The maximum absolute atomic E-state index is 12.4. The van der Waals surface area contributed by atoms with Crippen LogP contribution in [0.2, 0.25) is 0 Å². The summed E-state index contributed by atoms with van der Waals surface area (Å²) in [7, 11) is 0. The molecule has 0 aromatic rings. The van der Waals surface area contributed by atoms with Crippen molar-refractivity contribution in [1.29, 1.82) is 0 Å². The average molecular weight is 177 g/mol. The van der Waals surface area contributed by atoms with Crippen molar-refractivity contribution in [3.63, 3.8) is 0 Å². The molecule has 1 saturated carbocycles. The molecular formula is C9H17F2N. The van der Waals surface area contributed by atoms with Gasteiger partial charge in [0.1, 0.15) is 0 Å². The highest BCUT2D eigenvalue weighted by molar-refractivity contribution is 4.94. The fourth-order valence-electron chi connectivity index (χ4n) is 1.61. The van der Waals surface area contributed by atoms with E-state index in [0.717, 1.165) is 12.8 Å². The lowest BCUT2D eigenvalue weighted by Crippen LogP contribution is -2.50. The normalized spacial score (nSPS) is 27.5. The zero-order valence-electron chi connectivity index (χ0n) is 7.74. The lowest BCUT2D eigenvalue weighted by molar-refractivity contribution is 0.00929. The minimum absolute atomic E-state index is 0.206. The van der Waals surface area contributed by atoms with Gasteiger partial charge in [-0.15, -0.1) is 0 Å². The van der Waals surface area contributed by atoms with E-state index >= 15 is 0 Å². The summed E-state index contributed by atoms with van der Waals surface area (Å²) in [6.45, 7) is 4.22. The van der Waals surface area contributed by atoms with Crippen LogP contribution in [0.5, 0.6) is 0 Å². The largest absolute Gasteiger partial charge is 0.320 e. The molecule has 0 aromatic heterocycles. The first kappa shape index (κ1) is 9.90. The summed E-state index contributed by atoms with van der Waals surface area (Å²) in [6, 6.07) is 0. The van der Waals surface area contributed by atoms with Gasteiger partial charge in [-0.25, -0.2) is 8.78 Å². The minimum Gasteiger partial charge on any atom is -0.320 e. The number of hydrogen-bond acceptors (Lipinski definition) is 1. The van der Waals surface area contributed by atoms with Crippen LogP contribution in [0.15, 0.2) is 0 Å². The fraction of sp³-hybridized carbons (Fsp3) is 1.00. The van der Waals surface area contributed by atoms with Crippen molar-refractivity contribution in [2.24, 2.45) is 11.1 Å². The smallest absolute Gasteiger partial charge is 0.256 e. The Morgan fingerprint density at radius 1 is 1.08 bits per heavy atom. The molecule has 0 amide bonds. The number of nitrogens with two attached hydrogens (primary N) is 1. The molecule has 12 heavy (non-hydrogen) atoms. The van der Waals surface area contributed by atoms with Crippen molar-refractivity contribution >= 4 is 0 Å². The van der Waals surface area contributed by atoms with Crippen LogP contribution in [0.25, 0.3) is 0 Å². The summed E-state index contributed by atoms with van der Waals surface area (Å²) < 4.78 is 24.9. The summed E-state index contributed by atoms with van der Waals surface area (Å²) in [4.78, 5) is 0. The number of alkyl halides is 2. The molecule has 3 heteroatoms. The Balaban J connectivity index is 2.55. The maximum atomic E-state index is 12.4. The van der Waals surface area contributed by atoms with Crippen molar-refractivity contribution in [2.75, 3.05) is 0 Å². The Morgan fingerprint density at radius 3 is 1.83 bits per heavy atom. The summed E-state index contributed by atoms with van der Waals surface area (Å²) in [6.07, 6.45) is 0.172. The lowest BCUT2D eigenvalue weighted by Gasteiger charge is -2.40. The van der Waals surface area contributed by atoms with E-state index < -0.39 is 12.0 Å². The summed E-state index contributed by atoms with van der Waals surface area (Å²) in [5.41, 5.74) is 4.58. The molecule has 2 N–H and O–H groups in total. The Bertz CT molecular complexity index is 156. The minimum atomic E-state index is -2.37. The van der Waals surface area contributed by atoms with Crippen LogP contribution in [0.1, 0.15) is 39.5 Å². The maximum Gasteiger partial charge on any atom is 0.256 e. The van der Waals surface area contributed by atoms with Crippen molar-refractivity contribution < 1.29 is 8.78 Å². The predicted molar refractivity (Wildman–Crippen MR) is 45.2 cm³/mol. The number of hydrogen-bond donors (Lipinski definition) is 1. The zero-order chi connectivity index (χ0) is 9.41. The molecule has 0 radical (unpaired) electrons. The fourth-order valence-corrected chi connectivity index (χ4v) is 1.61. The zero-order valence-corrected chi connectivity index (χ0v) is 7.74. The standard InChI is InChI=1S/C9H17F2N/c1-8(2)3-5-9(12,6-4-8)7(10)11/h7H,3-6,12H2,1-2H3. The van der Waals surface area contributed by atoms with Gasteiger partial charge in [-0.1, -0.05) is 13.8 Å². The van der Waals surface area contributed by atoms with Gasteiger partial charge in [0.25, 0.3) is 6.43 Å². The third-order valence-corrected chi connectivity index (χ3v) is 2.97. The molecule has 0 saturated heterocycles. The van der Waals surface area contributed by atoms with Crippen LogP contribution >= 0.6 is 0 Å². The Labute approximate surface area is 72.3 Å². The quantitative estimate of drug-likeness (QED) is 0.654. The first-order chi connectivity index (χ1) is 5.36. The monoisotopic (exact) mass is 177 g/mol.